The SMILES string of the molecule is FC(F)C#CBr. The van der Waals surface area contributed by atoms with E-state index in [1.165, 1.54) is 0 Å². The van der Waals surface area contributed by atoms with E-state index in [0.29, 0.717) is 0 Å². The predicted octanol–water partition coefficient (Wildman–Crippen LogP) is 1.61. The minimum absolute atomic E-state index is 1.54. The third-order valence-corrected chi connectivity index (χ3v) is 0.393. The van der Waals surface area contributed by atoms with E-state index in [0.717, 1.165) is 0 Å². The molecule has 0 spiro atoms. The second-order valence-electron chi connectivity index (χ2n) is 0.540. The Kier molecular flexibility index (Phi) is 3.05. The van der Waals surface area contributed by atoms with Crippen molar-refractivity contribution in [2.75, 3.05) is 0 Å². The van der Waals surface area contributed by atoms with Crippen molar-refractivity contribution < 1.29 is 8.78 Å². The van der Waals surface area contributed by atoms with Crippen molar-refractivity contribution in [3.63, 3.8) is 0 Å². The van der Waals surface area contributed by atoms with Crippen LogP contribution in [0.5, 0.6) is 0 Å². The molecule has 0 N–H and O–H groups in total. The lowest BCUT2D eigenvalue weighted by molar-refractivity contribution is 0.215. The Morgan fingerprint density at radius 3 is 2.00 bits per heavy atom. The van der Waals surface area contributed by atoms with Gasteiger partial charge < -0.3 is 0 Å². The van der Waals surface area contributed by atoms with Gasteiger partial charge in [-0.25, -0.2) is 0 Å². The lowest BCUT2D eigenvalue weighted by Gasteiger charge is -1.72. The third-order valence-electron chi connectivity index (χ3n) is 0.164. The van der Waals surface area contributed by atoms with E-state index in [4.69, 9.17) is 0 Å². The lowest BCUT2D eigenvalue weighted by Crippen LogP contribution is -1.77. The summed E-state index contributed by atoms with van der Waals surface area (Å²) in [5, 5.41) is 0. The molecule has 0 amide bonds. The Labute approximate surface area is 42.7 Å². The first-order valence-electron chi connectivity index (χ1n) is 1.16. The average molecular weight is 155 g/mol. The highest BCUT2D eigenvalue weighted by molar-refractivity contribution is 9.12. The van der Waals surface area contributed by atoms with E-state index in [1.54, 1.807) is 5.92 Å². The molecule has 0 saturated heterocycles. The van der Waals surface area contributed by atoms with E-state index >= 15 is 0 Å². The molecule has 0 nitrogen and oxygen atoms in total. The van der Waals surface area contributed by atoms with Crippen molar-refractivity contribution in [1.29, 1.82) is 0 Å². The molecule has 0 bridgehead atoms. The standard InChI is InChI=1S/C3HBrF2/c4-2-1-3(5)6/h3H. The molecule has 0 aliphatic rings. The fraction of sp³-hybridized carbons (Fsp3) is 0.333. The highest BCUT2D eigenvalue weighted by atomic mass is 79.9. The molecule has 0 aromatic carbocycles. The Balaban J connectivity index is 3.20. The van der Waals surface area contributed by atoms with Gasteiger partial charge in [0.2, 0.25) is 0 Å². The van der Waals surface area contributed by atoms with Gasteiger partial charge in [0.1, 0.15) is 0 Å². The zero-order chi connectivity index (χ0) is 4.99. The number of alkyl halides is 2. The highest BCUT2D eigenvalue weighted by Crippen LogP contribution is 1.86. The fourth-order valence-electron chi connectivity index (χ4n) is 0.0412. The van der Waals surface area contributed by atoms with Crippen LogP contribution >= 0.6 is 15.9 Å². The Morgan fingerprint density at radius 1 is 1.50 bits per heavy atom. The first kappa shape index (κ1) is 5.90. The van der Waals surface area contributed by atoms with Crippen molar-refractivity contribution in [2.45, 2.75) is 6.43 Å². The van der Waals surface area contributed by atoms with Crippen LogP contribution in [-0.2, 0) is 0 Å². The molecule has 0 radical (unpaired) electrons. The van der Waals surface area contributed by atoms with Crippen LogP contribution in [0, 0.1) is 10.8 Å². The normalized spacial score (nSPS) is 7.33. The second kappa shape index (κ2) is 3.10. The van der Waals surface area contributed by atoms with E-state index in [-0.39, 0.29) is 0 Å². The first-order valence-corrected chi connectivity index (χ1v) is 1.96. The van der Waals surface area contributed by atoms with Crippen molar-refractivity contribution in [2.24, 2.45) is 0 Å². The lowest BCUT2D eigenvalue weighted by atomic mass is 10.8. The minimum Gasteiger partial charge on any atom is -0.196 e. The van der Waals surface area contributed by atoms with Crippen molar-refractivity contribution in [3.05, 3.63) is 0 Å². The van der Waals surface area contributed by atoms with Gasteiger partial charge in [-0.05, 0) is 10.8 Å². The van der Waals surface area contributed by atoms with Crippen LogP contribution in [0.1, 0.15) is 0 Å². The summed E-state index contributed by atoms with van der Waals surface area (Å²) in [6.07, 6.45) is -2.51. The first-order chi connectivity index (χ1) is 2.77. The molecule has 0 heterocycles. The van der Waals surface area contributed by atoms with Gasteiger partial charge in [0.25, 0.3) is 6.43 Å². The number of rotatable bonds is 0. The molecule has 0 atom stereocenters. The van der Waals surface area contributed by atoms with Crippen molar-refractivity contribution >= 4 is 15.9 Å². The van der Waals surface area contributed by atoms with Crippen molar-refractivity contribution in [3.8, 4) is 10.8 Å². The summed E-state index contributed by atoms with van der Waals surface area (Å²) in [6.45, 7) is 0. The van der Waals surface area contributed by atoms with Gasteiger partial charge in [0.15, 0.2) is 0 Å². The van der Waals surface area contributed by atoms with Crippen LogP contribution in [0.25, 0.3) is 0 Å². The maximum Gasteiger partial charge on any atom is 0.299 e. The molecule has 0 aliphatic heterocycles. The highest BCUT2D eigenvalue weighted by Gasteiger charge is 1.88. The molecule has 0 fully saturated rings. The molecule has 0 saturated carbocycles. The Bertz CT molecular complexity index is 78.5. The molecule has 6 heavy (non-hydrogen) atoms. The van der Waals surface area contributed by atoms with Gasteiger partial charge in [0.05, 0.1) is 0 Å². The quantitative estimate of drug-likeness (QED) is 0.466. The van der Waals surface area contributed by atoms with Crippen LogP contribution in [0.3, 0.4) is 0 Å². The summed E-state index contributed by atoms with van der Waals surface area (Å²) in [5.41, 5.74) is 0. The molecule has 3 heteroatoms. The molecular formula is C3HBrF2. The van der Waals surface area contributed by atoms with Crippen LogP contribution in [0.15, 0.2) is 0 Å². The zero-order valence-corrected chi connectivity index (χ0v) is 4.30. The summed E-state index contributed by atoms with van der Waals surface area (Å²) < 4.78 is 21.7. The zero-order valence-electron chi connectivity index (χ0n) is 2.71. The second-order valence-corrected chi connectivity index (χ2v) is 0.936. The van der Waals surface area contributed by atoms with Gasteiger partial charge >= 0.3 is 0 Å². The summed E-state index contributed by atoms with van der Waals surface area (Å²) in [4.78, 5) is 1.88. The van der Waals surface area contributed by atoms with Crippen LogP contribution in [-0.4, -0.2) is 6.43 Å². The predicted molar refractivity (Wildman–Crippen MR) is 22.7 cm³/mol. The number of hydrogen-bond acceptors (Lipinski definition) is 0. The largest absolute Gasteiger partial charge is 0.299 e. The van der Waals surface area contributed by atoms with Crippen LogP contribution in [0.4, 0.5) is 8.78 Å². The third kappa shape index (κ3) is 3.90. The molecule has 0 aliphatic carbocycles. The average Bonchev–Trinajstić information content (AvgIpc) is 1.35. The summed E-state index contributed by atoms with van der Waals surface area (Å²) >= 11 is 2.51. The van der Waals surface area contributed by atoms with Gasteiger partial charge in [-0.1, -0.05) is 0 Å². The molecule has 0 rings (SSSR count). The maximum atomic E-state index is 10.8. The Morgan fingerprint density at radius 2 is 2.00 bits per heavy atom. The summed E-state index contributed by atoms with van der Waals surface area (Å²) in [7, 11) is 0. The fourth-order valence-corrected chi connectivity index (χ4v) is 0.214. The van der Waals surface area contributed by atoms with E-state index in [2.05, 4.69) is 15.9 Å². The van der Waals surface area contributed by atoms with Crippen LogP contribution < -0.4 is 0 Å². The van der Waals surface area contributed by atoms with Gasteiger partial charge in [-0.15, -0.1) is 0 Å². The number of halogens is 3. The summed E-state index contributed by atoms with van der Waals surface area (Å²) in [5.74, 6) is 1.54. The van der Waals surface area contributed by atoms with Gasteiger partial charge in [0, 0.05) is 15.9 Å². The Hall–Kier alpha value is -0.100. The monoisotopic (exact) mass is 154 g/mol. The molecule has 34 valence electrons. The smallest absolute Gasteiger partial charge is 0.196 e. The molecular weight excluding hydrogens is 154 g/mol. The van der Waals surface area contributed by atoms with Gasteiger partial charge in [-0.3, -0.25) is 0 Å². The van der Waals surface area contributed by atoms with E-state index in [9.17, 15) is 8.78 Å². The molecule has 0 unspecified atom stereocenters. The van der Waals surface area contributed by atoms with Crippen LogP contribution in [0.2, 0.25) is 0 Å². The topological polar surface area (TPSA) is 0 Å². The van der Waals surface area contributed by atoms with Gasteiger partial charge in [-0.2, -0.15) is 8.78 Å². The number of hydrogen-bond donors (Lipinski definition) is 0. The molecule has 0 aromatic rings. The van der Waals surface area contributed by atoms with E-state index < -0.39 is 6.43 Å². The van der Waals surface area contributed by atoms with E-state index in [1.807, 2.05) is 4.83 Å². The molecule has 0 aromatic heterocycles. The maximum absolute atomic E-state index is 10.8. The summed E-state index contributed by atoms with van der Waals surface area (Å²) in [6, 6.07) is 0. The minimum atomic E-state index is -2.51. The van der Waals surface area contributed by atoms with Crippen molar-refractivity contribution in [1.82, 2.24) is 0 Å².